The molecular weight excluding hydrogens is 420 g/mol. The zero-order valence-corrected chi connectivity index (χ0v) is 18.6. The fourth-order valence-electron chi connectivity index (χ4n) is 5.05. The van der Waals surface area contributed by atoms with E-state index in [1.807, 2.05) is 6.07 Å². The molecule has 0 radical (unpaired) electrons. The normalized spacial score (nSPS) is 28.6. The van der Waals surface area contributed by atoms with Gasteiger partial charge in [-0.3, -0.25) is 14.5 Å². The Morgan fingerprint density at radius 1 is 1.25 bits per heavy atom. The van der Waals surface area contributed by atoms with Gasteiger partial charge in [-0.15, -0.1) is 0 Å². The summed E-state index contributed by atoms with van der Waals surface area (Å²) in [6.45, 7) is 3.85. The van der Waals surface area contributed by atoms with E-state index in [2.05, 4.69) is 0 Å². The average molecular weight is 448 g/mol. The van der Waals surface area contributed by atoms with E-state index in [9.17, 15) is 19.5 Å². The number of nitrogens with zero attached hydrogens (tertiary/aromatic N) is 2. The highest BCUT2D eigenvalue weighted by atomic mass is 16.7. The number of carbonyl (C=O) groups is 3. The number of esters is 1. The zero-order valence-electron chi connectivity index (χ0n) is 18.6. The molecule has 0 bridgehead atoms. The third-order valence-electron chi connectivity index (χ3n) is 6.32. The first-order valence-corrected chi connectivity index (χ1v) is 10.5. The van der Waals surface area contributed by atoms with Crippen LogP contribution in [0, 0.1) is 5.92 Å². The highest BCUT2D eigenvalue weighted by Gasteiger charge is 2.60. The predicted octanol–water partition coefficient (Wildman–Crippen LogP) is 1.85. The van der Waals surface area contributed by atoms with Crippen LogP contribution < -0.4 is 9.47 Å². The molecule has 1 unspecified atom stereocenters. The molecule has 2 amide bonds. The molecule has 1 aromatic rings. The molecule has 10 nitrogen and oxygen atoms in total. The van der Waals surface area contributed by atoms with Crippen LogP contribution in [-0.4, -0.2) is 77.6 Å². The van der Waals surface area contributed by atoms with Crippen molar-refractivity contribution in [3.63, 3.8) is 0 Å². The van der Waals surface area contributed by atoms with Crippen LogP contribution in [0.25, 0.3) is 0 Å². The van der Waals surface area contributed by atoms with Gasteiger partial charge in [-0.05, 0) is 18.6 Å². The minimum atomic E-state index is -1.12. The van der Waals surface area contributed by atoms with Crippen molar-refractivity contribution in [3.8, 4) is 11.5 Å². The zero-order chi connectivity index (χ0) is 23.2. The second-order valence-corrected chi connectivity index (χ2v) is 8.83. The lowest BCUT2D eigenvalue weighted by Crippen LogP contribution is -2.67. The number of ether oxygens (including phenoxy) is 4. The highest BCUT2D eigenvalue weighted by molar-refractivity contribution is 5.93. The second-order valence-electron chi connectivity index (χ2n) is 8.83. The summed E-state index contributed by atoms with van der Waals surface area (Å²) in [4.78, 5) is 39.6. The summed E-state index contributed by atoms with van der Waals surface area (Å²) < 4.78 is 21.8. The Balaban J connectivity index is 1.55. The third-order valence-corrected chi connectivity index (χ3v) is 6.32. The van der Waals surface area contributed by atoms with E-state index in [1.165, 1.54) is 4.90 Å². The molecular formula is C22H28N2O8. The quantitative estimate of drug-likeness (QED) is 0.518. The van der Waals surface area contributed by atoms with Crippen molar-refractivity contribution in [1.82, 2.24) is 9.80 Å². The Bertz CT molecular complexity index is 933. The van der Waals surface area contributed by atoms with Crippen molar-refractivity contribution < 1.29 is 38.4 Å². The third kappa shape index (κ3) is 3.94. The standard InChI is InChI=1S/C22H28N2O8/c1-22(2)31-15(9-17(25)32-22)7-13-11-24(21(27)28)19-18(13)23(20(19)26)10-12-5-6-14(29-3)8-16(12)30-4/h5-6,8,13,15,18-19H,7,9-11H2,1-4H3,(H,27,28)/t13-,15?,18-,19+/m1/s1. The Morgan fingerprint density at radius 3 is 2.62 bits per heavy atom. The first-order valence-electron chi connectivity index (χ1n) is 10.5. The van der Waals surface area contributed by atoms with E-state index in [0.29, 0.717) is 17.9 Å². The Kier molecular flexibility index (Phi) is 5.66. The molecule has 3 fully saturated rings. The van der Waals surface area contributed by atoms with Gasteiger partial charge in [-0.25, -0.2) is 4.79 Å². The van der Waals surface area contributed by atoms with Gasteiger partial charge in [0, 0.05) is 44.5 Å². The van der Waals surface area contributed by atoms with E-state index in [1.54, 1.807) is 45.1 Å². The number of carboxylic acid groups (broad SMARTS) is 1. The molecule has 3 aliphatic heterocycles. The molecule has 0 aromatic heterocycles. The SMILES string of the molecule is COc1ccc(CN2C(=O)[C@@H]3[C@H]2[C@H](CC2CC(=O)OC(C)(C)O2)CN3C(=O)O)c(OC)c1. The number of methoxy groups -OCH3 is 2. The van der Waals surface area contributed by atoms with E-state index in [0.717, 1.165) is 5.56 Å². The average Bonchev–Trinajstić information content (AvgIpc) is 3.05. The molecule has 3 aliphatic rings. The van der Waals surface area contributed by atoms with E-state index < -0.39 is 24.0 Å². The molecule has 4 rings (SSSR count). The minimum absolute atomic E-state index is 0.102. The molecule has 10 heteroatoms. The number of hydrogen-bond acceptors (Lipinski definition) is 7. The van der Waals surface area contributed by atoms with Gasteiger partial charge in [0.15, 0.2) is 0 Å². The number of hydrogen-bond donors (Lipinski definition) is 1. The summed E-state index contributed by atoms with van der Waals surface area (Å²) in [6, 6.07) is 4.36. The van der Waals surface area contributed by atoms with Crippen LogP contribution in [0.15, 0.2) is 18.2 Å². The fourth-order valence-corrected chi connectivity index (χ4v) is 5.05. The molecule has 1 aromatic carbocycles. The second kappa shape index (κ2) is 8.16. The fraction of sp³-hybridized carbons (Fsp3) is 0.591. The number of fused-ring (bicyclic) bond motifs is 1. The summed E-state index contributed by atoms with van der Waals surface area (Å²) >= 11 is 0. The first kappa shape index (κ1) is 22.2. The number of rotatable bonds is 6. The van der Waals surface area contributed by atoms with Crippen LogP contribution in [0.1, 0.15) is 32.3 Å². The summed E-state index contributed by atoms with van der Waals surface area (Å²) in [5.41, 5.74) is 0.797. The molecule has 174 valence electrons. The van der Waals surface area contributed by atoms with Crippen LogP contribution >= 0.6 is 0 Å². The summed E-state index contributed by atoms with van der Waals surface area (Å²) in [5, 5.41) is 9.63. The lowest BCUT2D eigenvalue weighted by atomic mass is 9.84. The molecule has 32 heavy (non-hydrogen) atoms. The molecule has 3 saturated heterocycles. The monoisotopic (exact) mass is 448 g/mol. The maximum absolute atomic E-state index is 12.9. The predicted molar refractivity (Wildman–Crippen MR) is 110 cm³/mol. The Morgan fingerprint density at radius 2 is 2.00 bits per heavy atom. The number of cyclic esters (lactones) is 1. The van der Waals surface area contributed by atoms with Crippen molar-refractivity contribution in [2.75, 3.05) is 20.8 Å². The Hall–Kier alpha value is -3.01. The number of β-lactam (4-membered cyclic amide) rings is 1. The van der Waals surface area contributed by atoms with Crippen molar-refractivity contribution in [2.24, 2.45) is 5.92 Å². The van der Waals surface area contributed by atoms with Crippen LogP contribution in [0.5, 0.6) is 11.5 Å². The molecule has 0 spiro atoms. The van der Waals surface area contributed by atoms with Crippen molar-refractivity contribution in [2.45, 2.75) is 57.2 Å². The number of carbonyl (C=O) groups excluding carboxylic acids is 2. The van der Waals surface area contributed by atoms with Crippen molar-refractivity contribution in [3.05, 3.63) is 23.8 Å². The van der Waals surface area contributed by atoms with Gasteiger partial charge in [0.05, 0.1) is 32.8 Å². The van der Waals surface area contributed by atoms with E-state index in [4.69, 9.17) is 18.9 Å². The molecule has 1 N–H and O–H groups in total. The lowest BCUT2D eigenvalue weighted by Gasteiger charge is -2.47. The van der Waals surface area contributed by atoms with Crippen LogP contribution in [0.3, 0.4) is 0 Å². The van der Waals surface area contributed by atoms with E-state index in [-0.39, 0.29) is 43.3 Å². The highest BCUT2D eigenvalue weighted by Crippen LogP contribution is 2.43. The van der Waals surface area contributed by atoms with Gasteiger partial charge in [-0.2, -0.15) is 0 Å². The van der Waals surface area contributed by atoms with Gasteiger partial charge in [0.1, 0.15) is 17.5 Å². The number of likely N-dealkylation sites (tertiary alicyclic amines) is 2. The topological polar surface area (TPSA) is 115 Å². The molecule has 0 saturated carbocycles. The maximum Gasteiger partial charge on any atom is 0.408 e. The van der Waals surface area contributed by atoms with Gasteiger partial charge in [0.25, 0.3) is 0 Å². The van der Waals surface area contributed by atoms with E-state index >= 15 is 0 Å². The molecule has 3 heterocycles. The van der Waals surface area contributed by atoms with Crippen molar-refractivity contribution in [1.29, 1.82) is 0 Å². The lowest BCUT2D eigenvalue weighted by molar-refractivity contribution is -0.260. The van der Waals surface area contributed by atoms with Gasteiger partial charge in [0.2, 0.25) is 11.7 Å². The van der Waals surface area contributed by atoms with Crippen LogP contribution in [-0.2, 0) is 25.6 Å². The summed E-state index contributed by atoms with van der Waals surface area (Å²) in [5.74, 6) is -0.550. The number of benzene rings is 1. The van der Waals surface area contributed by atoms with Gasteiger partial charge in [-0.1, -0.05) is 0 Å². The maximum atomic E-state index is 12.9. The van der Waals surface area contributed by atoms with Crippen LogP contribution in [0.2, 0.25) is 0 Å². The van der Waals surface area contributed by atoms with Gasteiger partial charge >= 0.3 is 12.1 Å². The number of amides is 2. The van der Waals surface area contributed by atoms with Gasteiger partial charge < -0.3 is 29.0 Å². The largest absolute Gasteiger partial charge is 0.497 e. The van der Waals surface area contributed by atoms with Crippen molar-refractivity contribution >= 4 is 18.0 Å². The molecule has 0 aliphatic carbocycles. The first-order chi connectivity index (χ1) is 15.1. The smallest absolute Gasteiger partial charge is 0.408 e. The minimum Gasteiger partial charge on any atom is -0.497 e. The summed E-state index contributed by atoms with van der Waals surface area (Å²) in [6.07, 6.45) is -0.974. The summed E-state index contributed by atoms with van der Waals surface area (Å²) in [7, 11) is 3.11. The Labute approximate surface area is 186 Å². The molecule has 4 atom stereocenters. The van der Waals surface area contributed by atoms with Crippen LogP contribution in [0.4, 0.5) is 4.79 Å².